The highest BCUT2D eigenvalue weighted by Gasteiger charge is 1.95. The minimum atomic E-state index is -0.429. The van der Waals surface area contributed by atoms with Gasteiger partial charge in [-0.2, -0.15) is 0 Å². The molecule has 0 atom stereocenters. The summed E-state index contributed by atoms with van der Waals surface area (Å²) < 4.78 is 5.03. The first-order valence-corrected chi connectivity index (χ1v) is 3.76. The molecule has 0 bridgehead atoms. The van der Waals surface area contributed by atoms with E-state index in [1.165, 1.54) is 6.26 Å². The quantitative estimate of drug-likeness (QED) is 0.370. The monoisotopic (exact) mass is 157 g/mol. The highest BCUT2D eigenvalue weighted by atomic mass is 16.5. The molecule has 0 fully saturated rings. The maximum absolute atomic E-state index is 10.4. The lowest BCUT2D eigenvalue weighted by atomic mass is 10.3. The van der Waals surface area contributed by atoms with E-state index in [1.807, 2.05) is 0 Å². The van der Waals surface area contributed by atoms with Gasteiger partial charge in [-0.25, -0.2) is 0 Å². The van der Waals surface area contributed by atoms with Crippen LogP contribution in [0.15, 0.2) is 11.8 Å². The fraction of sp³-hybridized carbons (Fsp3) is 0.625. The standard InChI is InChI=1S/C8H15NO2/c1-3-4-5-11-6-7(2)8(9)10/h6H,3-5H2,1-2H3,(H2,9,10)/b7-6+. The van der Waals surface area contributed by atoms with Gasteiger partial charge in [0.15, 0.2) is 0 Å². The molecule has 1 amide bonds. The Morgan fingerprint density at radius 3 is 2.73 bits per heavy atom. The molecule has 0 unspecified atom stereocenters. The lowest BCUT2D eigenvalue weighted by Crippen LogP contribution is -2.11. The van der Waals surface area contributed by atoms with Crippen molar-refractivity contribution < 1.29 is 9.53 Å². The van der Waals surface area contributed by atoms with Crippen LogP contribution in [-0.4, -0.2) is 12.5 Å². The van der Waals surface area contributed by atoms with Crippen LogP contribution >= 0.6 is 0 Å². The maximum Gasteiger partial charge on any atom is 0.247 e. The molecule has 0 aliphatic carbocycles. The molecule has 0 aromatic heterocycles. The zero-order chi connectivity index (χ0) is 8.69. The summed E-state index contributed by atoms with van der Waals surface area (Å²) in [6, 6.07) is 0. The molecule has 11 heavy (non-hydrogen) atoms. The van der Waals surface area contributed by atoms with Crippen molar-refractivity contribution in [2.45, 2.75) is 26.7 Å². The fourth-order valence-corrected chi connectivity index (χ4v) is 0.470. The summed E-state index contributed by atoms with van der Waals surface area (Å²) in [5, 5.41) is 0. The summed E-state index contributed by atoms with van der Waals surface area (Å²) in [6.45, 7) is 4.36. The third-order valence-corrected chi connectivity index (χ3v) is 1.26. The van der Waals surface area contributed by atoms with Crippen molar-refractivity contribution in [3.05, 3.63) is 11.8 Å². The van der Waals surface area contributed by atoms with E-state index in [-0.39, 0.29) is 0 Å². The number of hydrogen-bond acceptors (Lipinski definition) is 2. The second-order valence-electron chi connectivity index (χ2n) is 2.39. The van der Waals surface area contributed by atoms with Gasteiger partial charge in [0.1, 0.15) is 0 Å². The molecule has 0 radical (unpaired) electrons. The Kier molecular flexibility index (Phi) is 5.25. The number of rotatable bonds is 5. The van der Waals surface area contributed by atoms with Crippen LogP contribution in [0.2, 0.25) is 0 Å². The third kappa shape index (κ3) is 5.45. The molecule has 0 spiro atoms. The van der Waals surface area contributed by atoms with Crippen molar-refractivity contribution in [3.63, 3.8) is 0 Å². The predicted octanol–water partition coefficient (Wildman–Crippen LogP) is 1.19. The van der Waals surface area contributed by atoms with Crippen LogP contribution in [0.4, 0.5) is 0 Å². The van der Waals surface area contributed by atoms with Gasteiger partial charge in [0, 0.05) is 5.57 Å². The van der Waals surface area contributed by atoms with E-state index in [4.69, 9.17) is 10.5 Å². The number of carbonyl (C=O) groups is 1. The van der Waals surface area contributed by atoms with Gasteiger partial charge in [0.25, 0.3) is 0 Å². The lowest BCUT2D eigenvalue weighted by molar-refractivity contribution is -0.114. The third-order valence-electron chi connectivity index (χ3n) is 1.26. The van der Waals surface area contributed by atoms with Crippen LogP contribution in [0.1, 0.15) is 26.7 Å². The van der Waals surface area contributed by atoms with E-state index in [1.54, 1.807) is 6.92 Å². The lowest BCUT2D eigenvalue weighted by Gasteiger charge is -1.98. The van der Waals surface area contributed by atoms with Gasteiger partial charge in [0.2, 0.25) is 5.91 Å². The minimum Gasteiger partial charge on any atom is -0.501 e. The van der Waals surface area contributed by atoms with Gasteiger partial charge in [-0.3, -0.25) is 4.79 Å². The van der Waals surface area contributed by atoms with E-state index in [0.717, 1.165) is 12.8 Å². The van der Waals surface area contributed by atoms with Gasteiger partial charge >= 0.3 is 0 Å². The summed E-state index contributed by atoms with van der Waals surface area (Å²) >= 11 is 0. The van der Waals surface area contributed by atoms with Gasteiger partial charge in [-0.05, 0) is 13.3 Å². The summed E-state index contributed by atoms with van der Waals surface area (Å²) in [6.07, 6.45) is 3.50. The molecule has 0 rings (SSSR count). The minimum absolute atomic E-state index is 0.429. The Morgan fingerprint density at radius 1 is 1.64 bits per heavy atom. The van der Waals surface area contributed by atoms with Crippen LogP contribution in [0.5, 0.6) is 0 Å². The molecule has 3 heteroatoms. The molecule has 0 heterocycles. The number of primary amides is 1. The van der Waals surface area contributed by atoms with E-state index >= 15 is 0 Å². The zero-order valence-electron chi connectivity index (χ0n) is 7.09. The normalized spacial score (nSPS) is 11.3. The Balaban J connectivity index is 3.48. The van der Waals surface area contributed by atoms with Crippen LogP contribution in [0.3, 0.4) is 0 Å². The van der Waals surface area contributed by atoms with Crippen LogP contribution in [0.25, 0.3) is 0 Å². The highest BCUT2D eigenvalue weighted by Crippen LogP contribution is 1.93. The number of nitrogens with two attached hydrogens (primary N) is 1. The molecule has 0 saturated carbocycles. The zero-order valence-corrected chi connectivity index (χ0v) is 7.09. The van der Waals surface area contributed by atoms with Crippen LogP contribution in [-0.2, 0) is 9.53 Å². The number of ether oxygens (including phenoxy) is 1. The average molecular weight is 157 g/mol. The second kappa shape index (κ2) is 5.77. The number of hydrogen-bond donors (Lipinski definition) is 1. The Morgan fingerprint density at radius 2 is 2.27 bits per heavy atom. The van der Waals surface area contributed by atoms with Crippen molar-refractivity contribution in [1.29, 1.82) is 0 Å². The van der Waals surface area contributed by atoms with Crippen molar-refractivity contribution in [2.75, 3.05) is 6.61 Å². The van der Waals surface area contributed by atoms with Gasteiger partial charge < -0.3 is 10.5 Å². The fourth-order valence-electron chi connectivity index (χ4n) is 0.470. The Labute approximate surface area is 67.2 Å². The van der Waals surface area contributed by atoms with E-state index < -0.39 is 5.91 Å². The van der Waals surface area contributed by atoms with Gasteiger partial charge in [0.05, 0.1) is 12.9 Å². The molecule has 0 aromatic rings. The molecule has 3 nitrogen and oxygen atoms in total. The topological polar surface area (TPSA) is 52.3 Å². The molecule has 2 N–H and O–H groups in total. The number of amides is 1. The van der Waals surface area contributed by atoms with Crippen molar-refractivity contribution >= 4 is 5.91 Å². The van der Waals surface area contributed by atoms with E-state index in [0.29, 0.717) is 12.2 Å². The first-order chi connectivity index (χ1) is 5.18. The van der Waals surface area contributed by atoms with Crippen LogP contribution in [0, 0.1) is 0 Å². The molecule has 0 saturated heterocycles. The smallest absolute Gasteiger partial charge is 0.247 e. The molecule has 0 aliphatic heterocycles. The second-order valence-corrected chi connectivity index (χ2v) is 2.39. The molecular weight excluding hydrogens is 142 g/mol. The SMILES string of the molecule is CCCCO/C=C(\C)C(N)=O. The summed E-state index contributed by atoms with van der Waals surface area (Å²) in [7, 11) is 0. The molecule has 64 valence electrons. The number of unbranched alkanes of at least 4 members (excludes halogenated alkanes) is 1. The van der Waals surface area contributed by atoms with E-state index in [2.05, 4.69) is 6.92 Å². The molecule has 0 aromatic carbocycles. The predicted molar refractivity (Wildman–Crippen MR) is 43.8 cm³/mol. The van der Waals surface area contributed by atoms with Gasteiger partial charge in [-0.15, -0.1) is 0 Å². The van der Waals surface area contributed by atoms with Crippen molar-refractivity contribution in [2.24, 2.45) is 5.73 Å². The van der Waals surface area contributed by atoms with Gasteiger partial charge in [-0.1, -0.05) is 13.3 Å². The molecule has 0 aliphatic rings. The summed E-state index contributed by atoms with van der Waals surface area (Å²) in [5.74, 6) is -0.429. The molecular formula is C8H15NO2. The highest BCUT2D eigenvalue weighted by molar-refractivity contribution is 5.90. The van der Waals surface area contributed by atoms with Crippen LogP contribution < -0.4 is 5.73 Å². The maximum atomic E-state index is 10.4. The first kappa shape index (κ1) is 10.0. The summed E-state index contributed by atoms with van der Waals surface area (Å²) in [5.41, 5.74) is 5.42. The first-order valence-electron chi connectivity index (χ1n) is 3.76. The summed E-state index contributed by atoms with van der Waals surface area (Å²) in [4.78, 5) is 10.4. The van der Waals surface area contributed by atoms with Crippen molar-refractivity contribution in [3.8, 4) is 0 Å². The Bertz CT molecular complexity index is 152. The van der Waals surface area contributed by atoms with Crippen molar-refractivity contribution in [1.82, 2.24) is 0 Å². The average Bonchev–Trinajstić information content (AvgIpc) is 1.97. The van der Waals surface area contributed by atoms with E-state index in [9.17, 15) is 4.79 Å². The number of carbonyl (C=O) groups excluding carboxylic acids is 1. The Hall–Kier alpha value is -0.990. The largest absolute Gasteiger partial charge is 0.501 e.